The van der Waals surface area contributed by atoms with Gasteiger partial charge in [0.15, 0.2) is 5.76 Å². The second-order valence-corrected chi connectivity index (χ2v) is 8.05. The number of furan rings is 1. The molecule has 0 saturated heterocycles. The summed E-state index contributed by atoms with van der Waals surface area (Å²) in [7, 11) is 0. The molecule has 0 fully saturated rings. The van der Waals surface area contributed by atoms with Crippen LogP contribution in [0.2, 0.25) is 0 Å². The second kappa shape index (κ2) is 9.80. The first-order valence-electron chi connectivity index (χ1n) is 10.8. The summed E-state index contributed by atoms with van der Waals surface area (Å²) >= 11 is 0. The Morgan fingerprint density at radius 1 is 1.17 bits per heavy atom. The molecule has 2 aromatic heterocycles. The zero-order valence-corrected chi connectivity index (χ0v) is 19.4. The van der Waals surface area contributed by atoms with Gasteiger partial charge < -0.3 is 14.5 Å². The van der Waals surface area contributed by atoms with Gasteiger partial charge in [-0.05, 0) is 62.7 Å². The monoisotopic (exact) mass is 478 g/mol. The number of carbonyl (C=O) groups excluding carboxylic acids is 1. The number of benzene rings is 2. The fourth-order valence-electron chi connectivity index (χ4n) is 3.67. The summed E-state index contributed by atoms with van der Waals surface area (Å²) in [5.41, 5.74) is 3.16. The molecule has 4 rings (SSSR count). The van der Waals surface area contributed by atoms with Crippen LogP contribution in [0, 0.1) is 36.7 Å². The fraction of sp³-hybridized carbons (Fsp3) is 0.200. The highest BCUT2D eigenvalue weighted by Gasteiger charge is 2.18. The Morgan fingerprint density at radius 2 is 1.97 bits per heavy atom. The zero-order chi connectivity index (χ0) is 25.1. The molecule has 2 aromatic carbocycles. The number of hydrogen-bond donors (Lipinski definition) is 1. The third kappa shape index (κ3) is 5.37. The molecule has 180 valence electrons. The van der Waals surface area contributed by atoms with Crippen molar-refractivity contribution in [2.45, 2.75) is 33.9 Å². The van der Waals surface area contributed by atoms with Gasteiger partial charge in [-0.2, -0.15) is 5.10 Å². The van der Waals surface area contributed by atoms with E-state index >= 15 is 0 Å². The first-order chi connectivity index (χ1) is 16.7. The van der Waals surface area contributed by atoms with Crippen molar-refractivity contribution in [3.05, 3.63) is 105 Å². The van der Waals surface area contributed by atoms with Crippen LogP contribution in [0.3, 0.4) is 0 Å². The van der Waals surface area contributed by atoms with Crippen LogP contribution in [-0.2, 0) is 13.2 Å². The molecule has 2 heterocycles. The van der Waals surface area contributed by atoms with Crippen LogP contribution < -0.4 is 10.1 Å². The van der Waals surface area contributed by atoms with Crippen LogP contribution in [0.4, 0.5) is 15.8 Å². The van der Waals surface area contributed by atoms with Crippen LogP contribution in [-0.4, -0.2) is 20.6 Å². The minimum absolute atomic E-state index is 0.0131. The molecule has 0 bridgehead atoms. The van der Waals surface area contributed by atoms with Crippen LogP contribution >= 0.6 is 0 Å². The lowest BCUT2D eigenvalue weighted by Gasteiger charge is -2.07. The number of halogens is 1. The molecule has 0 aliphatic carbocycles. The third-order valence-electron chi connectivity index (χ3n) is 5.47. The average molecular weight is 478 g/mol. The van der Waals surface area contributed by atoms with E-state index in [1.165, 1.54) is 30.3 Å². The number of nitro benzene ring substituents is 1. The molecule has 1 N–H and O–H groups in total. The van der Waals surface area contributed by atoms with Crippen LogP contribution in [0.15, 0.2) is 59.0 Å². The molecule has 0 unspecified atom stereocenters. The molecule has 0 aliphatic heterocycles. The molecule has 0 spiro atoms. The molecule has 0 aliphatic rings. The Bertz CT molecular complexity index is 1410. The molecule has 9 nitrogen and oxygen atoms in total. The van der Waals surface area contributed by atoms with Crippen molar-refractivity contribution in [2.75, 3.05) is 5.32 Å². The number of ether oxygens (including phenoxy) is 1. The van der Waals surface area contributed by atoms with Crippen LogP contribution in [0.1, 0.15) is 38.8 Å². The van der Waals surface area contributed by atoms with E-state index < -0.39 is 10.8 Å². The average Bonchev–Trinajstić information content (AvgIpc) is 3.38. The van der Waals surface area contributed by atoms with Crippen LogP contribution in [0.25, 0.3) is 0 Å². The van der Waals surface area contributed by atoms with Crippen molar-refractivity contribution in [2.24, 2.45) is 0 Å². The van der Waals surface area contributed by atoms with Gasteiger partial charge in [0.05, 0.1) is 28.5 Å². The van der Waals surface area contributed by atoms with Crippen LogP contribution in [0.5, 0.6) is 5.75 Å². The number of aromatic nitrogens is 2. The van der Waals surface area contributed by atoms with E-state index in [4.69, 9.17) is 9.15 Å². The van der Waals surface area contributed by atoms with Crippen molar-refractivity contribution in [3.8, 4) is 5.75 Å². The minimum atomic E-state index is -0.453. The Kier molecular flexibility index (Phi) is 6.63. The molecule has 1 amide bonds. The quantitative estimate of drug-likeness (QED) is 0.271. The summed E-state index contributed by atoms with van der Waals surface area (Å²) in [5, 5.41) is 18.2. The van der Waals surface area contributed by atoms with Gasteiger partial charge >= 0.3 is 0 Å². The van der Waals surface area contributed by atoms with Gasteiger partial charge in [-0.1, -0.05) is 12.1 Å². The van der Waals surface area contributed by atoms with Gasteiger partial charge in [0.2, 0.25) is 0 Å². The number of nitro groups is 1. The first-order valence-corrected chi connectivity index (χ1v) is 10.8. The van der Waals surface area contributed by atoms with E-state index in [1.54, 1.807) is 36.7 Å². The lowest BCUT2D eigenvalue weighted by Crippen LogP contribution is -2.12. The number of hydrogen-bond acceptors (Lipinski definition) is 6. The predicted octanol–water partition coefficient (Wildman–Crippen LogP) is 5.33. The summed E-state index contributed by atoms with van der Waals surface area (Å²) in [6.45, 7) is 5.64. The maximum absolute atomic E-state index is 13.5. The molecule has 0 atom stereocenters. The van der Waals surface area contributed by atoms with Crippen molar-refractivity contribution in [1.29, 1.82) is 0 Å². The normalized spacial score (nSPS) is 10.9. The van der Waals surface area contributed by atoms with Crippen molar-refractivity contribution >= 4 is 17.3 Å². The van der Waals surface area contributed by atoms with Gasteiger partial charge in [-0.15, -0.1) is 0 Å². The molecular formula is C25H23FN4O5. The van der Waals surface area contributed by atoms with E-state index in [0.717, 1.165) is 11.3 Å². The minimum Gasteiger partial charge on any atom is -0.486 e. The molecule has 10 heteroatoms. The van der Waals surface area contributed by atoms with Gasteiger partial charge in [0.1, 0.15) is 23.9 Å². The number of nitrogens with one attached hydrogen (secondary N) is 1. The molecular weight excluding hydrogens is 455 g/mol. The maximum Gasteiger partial charge on any atom is 0.291 e. The highest BCUT2D eigenvalue weighted by atomic mass is 19.1. The van der Waals surface area contributed by atoms with Gasteiger partial charge in [0.25, 0.3) is 11.6 Å². The number of carbonyl (C=O) groups is 1. The standard InChI is InChI=1S/C25H23FN4O5/c1-15-11-20(7-9-22(15)30(32)33)34-14-21-8-10-23(35-21)25(31)27-24-16(2)28-29(17(24)3)13-18-5-4-6-19(26)12-18/h4-12H,13-14H2,1-3H3,(H,27,31). The summed E-state index contributed by atoms with van der Waals surface area (Å²) in [5.74, 6) is 0.201. The topological polar surface area (TPSA) is 112 Å². The lowest BCUT2D eigenvalue weighted by molar-refractivity contribution is -0.385. The Labute approximate surface area is 200 Å². The first kappa shape index (κ1) is 23.7. The van der Waals surface area contributed by atoms with Gasteiger partial charge in [-0.3, -0.25) is 19.6 Å². The smallest absolute Gasteiger partial charge is 0.291 e. The van der Waals surface area contributed by atoms with E-state index in [1.807, 2.05) is 13.0 Å². The van der Waals surface area contributed by atoms with Crippen molar-refractivity contribution in [3.63, 3.8) is 0 Å². The fourth-order valence-corrected chi connectivity index (χ4v) is 3.67. The summed E-state index contributed by atoms with van der Waals surface area (Å²) in [4.78, 5) is 23.3. The van der Waals surface area contributed by atoms with Crippen molar-refractivity contribution in [1.82, 2.24) is 9.78 Å². The molecule has 0 radical (unpaired) electrons. The largest absolute Gasteiger partial charge is 0.486 e. The SMILES string of the molecule is Cc1cc(OCc2ccc(C(=O)Nc3c(C)nn(Cc4cccc(F)c4)c3C)o2)ccc1[N+](=O)[O-]. The van der Waals surface area contributed by atoms with Gasteiger partial charge in [-0.25, -0.2) is 4.39 Å². The van der Waals surface area contributed by atoms with Gasteiger partial charge in [0, 0.05) is 11.6 Å². The van der Waals surface area contributed by atoms with E-state index in [2.05, 4.69) is 10.4 Å². The molecule has 4 aromatic rings. The van der Waals surface area contributed by atoms with Crippen molar-refractivity contribution < 1.29 is 23.3 Å². The number of amides is 1. The molecule has 0 saturated carbocycles. The summed E-state index contributed by atoms with van der Waals surface area (Å²) in [6.07, 6.45) is 0. The second-order valence-electron chi connectivity index (χ2n) is 8.05. The number of anilines is 1. The number of rotatable bonds is 8. The highest BCUT2D eigenvalue weighted by molar-refractivity contribution is 6.02. The third-order valence-corrected chi connectivity index (χ3v) is 5.47. The van der Waals surface area contributed by atoms with E-state index in [0.29, 0.717) is 35.0 Å². The number of nitrogens with zero attached hydrogens (tertiary/aromatic N) is 3. The van der Waals surface area contributed by atoms with E-state index in [-0.39, 0.29) is 23.9 Å². The summed E-state index contributed by atoms with van der Waals surface area (Å²) < 4.78 is 26.5. The molecule has 35 heavy (non-hydrogen) atoms. The zero-order valence-electron chi connectivity index (χ0n) is 19.4. The maximum atomic E-state index is 13.5. The Hall–Kier alpha value is -4.47. The number of aryl methyl sites for hydroxylation is 2. The Balaban J connectivity index is 1.40. The van der Waals surface area contributed by atoms with E-state index in [9.17, 15) is 19.3 Å². The summed E-state index contributed by atoms with van der Waals surface area (Å²) in [6, 6.07) is 13.9. The predicted molar refractivity (Wildman–Crippen MR) is 126 cm³/mol. The lowest BCUT2D eigenvalue weighted by atomic mass is 10.2. The Morgan fingerprint density at radius 3 is 2.69 bits per heavy atom. The highest BCUT2D eigenvalue weighted by Crippen LogP contribution is 2.25.